The number of aromatic nitrogens is 2. The van der Waals surface area contributed by atoms with E-state index in [0.29, 0.717) is 46.4 Å². The van der Waals surface area contributed by atoms with Crippen LogP contribution in [-0.4, -0.2) is 51.1 Å². The molecule has 3 heterocycles. The number of carbonyl (C=O) groups is 2. The monoisotopic (exact) mass is 516 g/mol. The van der Waals surface area contributed by atoms with Gasteiger partial charge in [0.1, 0.15) is 5.69 Å². The smallest absolute Gasteiger partial charge is 0.272 e. The summed E-state index contributed by atoms with van der Waals surface area (Å²) >= 11 is 12.1. The third kappa shape index (κ3) is 4.25. The molecule has 2 aliphatic rings. The van der Waals surface area contributed by atoms with Crippen LogP contribution in [0.5, 0.6) is 5.75 Å². The van der Waals surface area contributed by atoms with E-state index in [1.807, 2.05) is 6.92 Å². The van der Waals surface area contributed by atoms with Gasteiger partial charge in [-0.2, -0.15) is 5.10 Å². The second-order valence-electron chi connectivity index (χ2n) is 8.81. The number of halogens is 3. The highest BCUT2D eigenvalue weighted by Crippen LogP contribution is 2.31. The van der Waals surface area contributed by atoms with Crippen LogP contribution in [0.3, 0.4) is 0 Å². The molecular formula is C25H23Cl2FN4O3. The van der Waals surface area contributed by atoms with Crippen molar-refractivity contribution in [1.82, 2.24) is 19.6 Å². The molecule has 35 heavy (non-hydrogen) atoms. The van der Waals surface area contributed by atoms with Gasteiger partial charge in [0.2, 0.25) is 0 Å². The quantitative estimate of drug-likeness (QED) is 0.508. The summed E-state index contributed by atoms with van der Waals surface area (Å²) in [6.07, 6.45) is 0.541. The van der Waals surface area contributed by atoms with Crippen LogP contribution in [0.15, 0.2) is 36.4 Å². The number of fused-ring (bicyclic) bond motifs is 3. The van der Waals surface area contributed by atoms with E-state index in [0.717, 1.165) is 11.3 Å². The molecule has 0 fully saturated rings. The lowest BCUT2D eigenvalue weighted by Crippen LogP contribution is -2.44. The maximum atomic E-state index is 14.2. The Labute approximate surface area is 212 Å². The number of carbonyl (C=O) groups excluding carboxylic acids is 2. The lowest BCUT2D eigenvalue weighted by Gasteiger charge is -2.34. The molecule has 2 aromatic carbocycles. The average Bonchev–Trinajstić information content (AvgIpc) is 3.19. The summed E-state index contributed by atoms with van der Waals surface area (Å²) in [5, 5.41) is 5.37. The predicted molar refractivity (Wildman–Crippen MR) is 129 cm³/mol. The first-order valence-electron chi connectivity index (χ1n) is 11.2. The first-order chi connectivity index (χ1) is 16.8. The highest BCUT2D eigenvalue weighted by Gasteiger charge is 2.37. The molecule has 3 aromatic rings. The minimum Gasteiger partial charge on any atom is -0.494 e. The fraction of sp³-hybridized carbons (Fsp3) is 0.320. The van der Waals surface area contributed by atoms with Crippen LogP contribution in [-0.2, 0) is 26.1 Å². The molecule has 7 nitrogen and oxygen atoms in total. The first-order valence-corrected chi connectivity index (χ1v) is 12.0. The van der Waals surface area contributed by atoms with Crippen molar-refractivity contribution in [2.24, 2.45) is 0 Å². The summed E-state index contributed by atoms with van der Waals surface area (Å²) in [5.74, 6) is -0.678. The van der Waals surface area contributed by atoms with Gasteiger partial charge in [-0.3, -0.25) is 14.3 Å². The SMILES string of the molecule is COc1ccc(CN2CCn3nc4c(c3C2=O)CN(C(=O)c2ccc(Cl)c(Cl)c2)[C@H](C)C4)cc1F. The molecule has 0 saturated heterocycles. The van der Waals surface area contributed by atoms with Crippen molar-refractivity contribution in [3.05, 3.63) is 80.3 Å². The van der Waals surface area contributed by atoms with Crippen molar-refractivity contribution in [1.29, 1.82) is 0 Å². The van der Waals surface area contributed by atoms with Gasteiger partial charge in [-0.25, -0.2) is 4.39 Å². The van der Waals surface area contributed by atoms with Gasteiger partial charge < -0.3 is 14.5 Å². The summed E-state index contributed by atoms with van der Waals surface area (Å²) in [6.45, 7) is 3.48. The zero-order valence-corrected chi connectivity index (χ0v) is 20.7. The molecular weight excluding hydrogens is 494 g/mol. The minimum absolute atomic E-state index is 0.102. The average molecular weight is 517 g/mol. The number of benzene rings is 2. The van der Waals surface area contributed by atoms with Crippen LogP contribution in [0.25, 0.3) is 0 Å². The third-order valence-electron chi connectivity index (χ3n) is 6.57. The van der Waals surface area contributed by atoms with E-state index < -0.39 is 5.82 Å². The zero-order chi connectivity index (χ0) is 24.9. The Morgan fingerprint density at radius 1 is 1.17 bits per heavy atom. The standard InChI is InChI=1S/C25H23Cl2FN4O3/c1-14-9-21-17(13-31(14)24(33)16-4-5-18(26)19(27)11-16)23-25(34)30(7-8-32(23)29-21)12-15-3-6-22(35-2)20(28)10-15/h3-6,10-11,14H,7-9,12-13H2,1-2H3/t14-/m1/s1. The molecule has 1 aromatic heterocycles. The Balaban J connectivity index is 1.41. The molecule has 182 valence electrons. The normalized spacial score (nSPS) is 17.3. The molecule has 0 spiro atoms. The lowest BCUT2D eigenvalue weighted by molar-refractivity contribution is 0.0637. The molecule has 0 bridgehead atoms. The van der Waals surface area contributed by atoms with Crippen LogP contribution in [0.2, 0.25) is 10.0 Å². The molecule has 0 aliphatic carbocycles. The molecule has 1 atom stereocenters. The predicted octanol–water partition coefficient (Wildman–Crippen LogP) is 4.58. The summed E-state index contributed by atoms with van der Waals surface area (Å²) in [5.41, 5.74) is 3.18. The van der Waals surface area contributed by atoms with E-state index >= 15 is 0 Å². The molecule has 10 heteroatoms. The number of methoxy groups -OCH3 is 1. The first kappa shape index (κ1) is 23.6. The van der Waals surface area contributed by atoms with E-state index in [2.05, 4.69) is 5.10 Å². The maximum Gasteiger partial charge on any atom is 0.272 e. The zero-order valence-electron chi connectivity index (χ0n) is 19.2. The van der Waals surface area contributed by atoms with E-state index in [1.165, 1.54) is 13.2 Å². The number of rotatable bonds is 4. The third-order valence-corrected chi connectivity index (χ3v) is 7.31. The lowest BCUT2D eigenvalue weighted by atomic mass is 9.97. The highest BCUT2D eigenvalue weighted by atomic mass is 35.5. The van der Waals surface area contributed by atoms with Gasteiger partial charge in [0.05, 0.1) is 35.9 Å². The molecule has 5 rings (SSSR count). The number of ether oxygens (including phenoxy) is 1. The van der Waals surface area contributed by atoms with Gasteiger partial charge in [-0.1, -0.05) is 29.3 Å². The Morgan fingerprint density at radius 2 is 1.97 bits per heavy atom. The Morgan fingerprint density at radius 3 is 2.69 bits per heavy atom. The van der Waals surface area contributed by atoms with E-state index in [4.69, 9.17) is 27.9 Å². The van der Waals surface area contributed by atoms with E-state index in [1.54, 1.807) is 44.8 Å². The molecule has 0 N–H and O–H groups in total. The molecule has 2 aliphatic heterocycles. The van der Waals surface area contributed by atoms with Gasteiger partial charge in [-0.15, -0.1) is 0 Å². The molecule has 2 amide bonds. The fourth-order valence-corrected chi connectivity index (χ4v) is 5.01. The fourth-order valence-electron chi connectivity index (χ4n) is 4.71. The Hall–Kier alpha value is -3.10. The maximum absolute atomic E-state index is 14.2. The van der Waals surface area contributed by atoms with Crippen molar-refractivity contribution in [2.75, 3.05) is 13.7 Å². The minimum atomic E-state index is -0.470. The van der Waals surface area contributed by atoms with E-state index in [-0.39, 0.29) is 36.7 Å². The van der Waals surface area contributed by atoms with Crippen molar-refractivity contribution in [2.45, 2.75) is 39.0 Å². The Kier molecular flexibility index (Phi) is 6.19. The van der Waals surface area contributed by atoms with Crippen LogP contribution in [0.4, 0.5) is 4.39 Å². The van der Waals surface area contributed by atoms with Gasteiger partial charge in [0.15, 0.2) is 11.6 Å². The largest absolute Gasteiger partial charge is 0.494 e. The van der Waals surface area contributed by atoms with Crippen molar-refractivity contribution in [3.8, 4) is 5.75 Å². The number of nitrogens with zero attached hydrogens (tertiary/aromatic N) is 4. The topological polar surface area (TPSA) is 67.7 Å². The van der Waals surface area contributed by atoms with E-state index in [9.17, 15) is 14.0 Å². The van der Waals surface area contributed by atoms with Gasteiger partial charge >= 0.3 is 0 Å². The number of amides is 2. The van der Waals surface area contributed by atoms with Crippen molar-refractivity contribution < 1.29 is 18.7 Å². The molecule has 0 unspecified atom stereocenters. The van der Waals surface area contributed by atoms with Crippen LogP contribution in [0.1, 0.15) is 44.6 Å². The van der Waals surface area contributed by atoms with Crippen LogP contribution >= 0.6 is 23.2 Å². The summed E-state index contributed by atoms with van der Waals surface area (Å²) in [7, 11) is 1.41. The van der Waals surface area contributed by atoms with Crippen LogP contribution in [0, 0.1) is 5.82 Å². The highest BCUT2D eigenvalue weighted by molar-refractivity contribution is 6.42. The molecule has 0 saturated carbocycles. The van der Waals surface area contributed by atoms with Crippen LogP contribution < -0.4 is 4.74 Å². The van der Waals surface area contributed by atoms with Gasteiger partial charge in [0, 0.05) is 36.7 Å². The Bertz CT molecular complexity index is 1340. The second kappa shape index (κ2) is 9.17. The van der Waals surface area contributed by atoms with Crippen molar-refractivity contribution in [3.63, 3.8) is 0 Å². The van der Waals surface area contributed by atoms with Gasteiger partial charge in [0.25, 0.3) is 11.8 Å². The number of hydrogen-bond donors (Lipinski definition) is 0. The summed E-state index contributed by atoms with van der Waals surface area (Å²) in [6, 6.07) is 9.38. The summed E-state index contributed by atoms with van der Waals surface area (Å²) in [4.78, 5) is 30.2. The van der Waals surface area contributed by atoms with Gasteiger partial charge in [-0.05, 0) is 42.8 Å². The number of hydrogen-bond acceptors (Lipinski definition) is 4. The second-order valence-corrected chi connectivity index (χ2v) is 9.62. The summed E-state index contributed by atoms with van der Waals surface area (Å²) < 4.78 is 20.9. The molecule has 0 radical (unpaired) electrons. The van der Waals surface area contributed by atoms with Crippen molar-refractivity contribution >= 4 is 35.0 Å².